The first-order valence-electron chi connectivity index (χ1n) is 11.1. The van der Waals surface area contributed by atoms with E-state index in [1.54, 1.807) is 36.5 Å². The summed E-state index contributed by atoms with van der Waals surface area (Å²) in [6, 6.07) is 22.3. The van der Waals surface area contributed by atoms with E-state index in [1.165, 1.54) is 19.1 Å². The summed E-state index contributed by atoms with van der Waals surface area (Å²) in [6.07, 6.45) is 1.72. The van der Waals surface area contributed by atoms with Gasteiger partial charge in [0.05, 0.1) is 16.7 Å². The minimum Gasteiger partial charge on any atom is -0.459 e. The van der Waals surface area contributed by atoms with Crippen LogP contribution in [-0.2, 0) is 4.79 Å². The monoisotopic (exact) mass is 499 g/mol. The third-order valence-electron chi connectivity index (χ3n) is 5.82. The van der Waals surface area contributed by atoms with Crippen molar-refractivity contribution in [2.45, 2.75) is 19.0 Å². The minimum atomic E-state index is -0.434. The fourth-order valence-corrected chi connectivity index (χ4v) is 4.62. The Labute approximate surface area is 211 Å². The van der Waals surface area contributed by atoms with Gasteiger partial charge in [0.25, 0.3) is 5.69 Å². The van der Waals surface area contributed by atoms with Crippen molar-refractivity contribution in [2.24, 2.45) is 0 Å². The molecule has 1 amide bonds. The molecule has 0 aliphatic carbocycles. The van der Waals surface area contributed by atoms with Gasteiger partial charge in [0.2, 0.25) is 5.91 Å². The minimum absolute atomic E-state index is 0.0126. The van der Waals surface area contributed by atoms with Crippen molar-refractivity contribution < 1.29 is 14.1 Å². The molecule has 2 N–H and O–H groups in total. The molecule has 180 valence electrons. The summed E-state index contributed by atoms with van der Waals surface area (Å²) in [5.74, 6) is 0.969. The number of nitro groups is 1. The van der Waals surface area contributed by atoms with Crippen molar-refractivity contribution in [3.05, 3.63) is 107 Å². The summed E-state index contributed by atoms with van der Waals surface area (Å²) in [5, 5.41) is 17.9. The van der Waals surface area contributed by atoms with Crippen molar-refractivity contribution in [3.8, 4) is 11.3 Å². The van der Waals surface area contributed by atoms with Gasteiger partial charge in [0.1, 0.15) is 17.6 Å². The van der Waals surface area contributed by atoms with Crippen molar-refractivity contribution in [1.82, 2.24) is 10.3 Å². The van der Waals surface area contributed by atoms with Crippen LogP contribution >= 0.6 is 12.2 Å². The summed E-state index contributed by atoms with van der Waals surface area (Å²) < 4.78 is 6.27. The standard InChI is InChI=1S/C26H21N5O4S/c1-16(32)28-18-8-10-19(11-9-18)30-25(24(29-26(30)36)21-7-2-3-14-27-21)23-13-12-22(35-23)17-5-4-6-20(15-17)31(33)34/h2-15,24-25H,1H3,(H,28,32)(H,29,36)/t24-,25-/m1/s1. The van der Waals surface area contributed by atoms with E-state index >= 15 is 0 Å². The predicted molar refractivity (Wildman–Crippen MR) is 139 cm³/mol. The number of amides is 1. The zero-order chi connectivity index (χ0) is 25.2. The van der Waals surface area contributed by atoms with E-state index in [0.29, 0.717) is 27.9 Å². The Bertz CT molecular complexity index is 1440. The number of benzene rings is 2. The molecule has 0 unspecified atom stereocenters. The molecule has 2 aromatic heterocycles. The summed E-state index contributed by atoms with van der Waals surface area (Å²) in [7, 11) is 0. The van der Waals surface area contributed by atoms with Gasteiger partial charge in [-0.1, -0.05) is 18.2 Å². The van der Waals surface area contributed by atoms with E-state index in [9.17, 15) is 14.9 Å². The summed E-state index contributed by atoms with van der Waals surface area (Å²) in [4.78, 5) is 28.7. The topological polar surface area (TPSA) is 114 Å². The molecule has 10 heteroatoms. The zero-order valence-corrected chi connectivity index (χ0v) is 19.9. The van der Waals surface area contributed by atoms with Crippen LogP contribution in [0.1, 0.15) is 30.5 Å². The normalized spacial score (nSPS) is 17.0. The molecule has 0 saturated carbocycles. The van der Waals surface area contributed by atoms with Gasteiger partial charge in [-0.3, -0.25) is 19.9 Å². The fraction of sp³-hybridized carbons (Fsp3) is 0.115. The van der Waals surface area contributed by atoms with E-state index in [4.69, 9.17) is 16.6 Å². The Hall–Kier alpha value is -4.57. The number of aromatic nitrogens is 1. The Kier molecular flexibility index (Phi) is 6.17. The van der Waals surface area contributed by atoms with Crippen LogP contribution in [0.2, 0.25) is 0 Å². The molecule has 1 aliphatic rings. The van der Waals surface area contributed by atoms with Gasteiger partial charge in [0.15, 0.2) is 5.11 Å². The summed E-state index contributed by atoms with van der Waals surface area (Å²) >= 11 is 5.73. The molecule has 0 radical (unpaired) electrons. The quantitative estimate of drug-likeness (QED) is 0.206. The number of non-ortho nitro benzene ring substituents is 1. The lowest BCUT2D eigenvalue weighted by atomic mass is 10.0. The van der Waals surface area contributed by atoms with Gasteiger partial charge < -0.3 is 20.0 Å². The molecule has 1 aliphatic heterocycles. The second-order valence-corrected chi connectivity index (χ2v) is 8.62. The van der Waals surface area contributed by atoms with Crippen LogP contribution in [0.3, 0.4) is 0 Å². The first-order valence-corrected chi connectivity index (χ1v) is 11.5. The number of carbonyl (C=O) groups is 1. The molecule has 36 heavy (non-hydrogen) atoms. The number of rotatable bonds is 6. The molecule has 9 nitrogen and oxygen atoms in total. The van der Waals surface area contributed by atoms with Crippen LogP contribution in [0.4, 0.5) is 17.1 Å². The molecule has 0 spiro atoms. The summed E-state index contributed by atoms with van der Waals surface area (Å²) in [6.45, 7) is 1.46. The average Bonchev–Trinajstić information content (AvgIpc) is 3.49. The Balaban J connectivity index is 1.55. The first kappa shape index (κ1) is 23.2. The van der Waals surface area contributed by atoms with E-state index in [2.05, 4.69) is 15.6 Å². The highest BCUT2D eigenvalue weighted by Gasteiger charge is 2.42. The lowest BCUT2D eigenvalue weighted by molar-refractivity contribution is -0.384. The first-order chi connectivity index (χ1) is 17.4. The van der Waals surface area contributed by atoms with Crippen LogP contribution in [-0.4, -0.2) is 20.9 Å². The van der Waals surface area contributed by atoms with Crippen molar-refractivity contribution in [2.75, 3.05) is 10.2 Å². The molecule has 1 saturated heterocycles. The number of nitrogens with one attached hydrogen (secondary N) is 2. The van der Waals surface area contributed by atoms with Crippen LogP contribution < -0.4 is 15.5 Å². The Morgan fingerprint density at radius 2 is 1.92 bits per heavy atom. The number of pyridine rings is 1. The van der Waals surface area contributed by atoms with Crippen molar-refractivity contribution in [1.29, 1.82) is 0 Å². The molecule has 0 bridgehead atoms. The van der Waals surface area contributed by atoms with Crippen LogP contribution in [0.25, 0.3) is 11.3 Å². The lowest BCUT2D eigenvalue weighted by Crippen LogP contribution is -2.29. The summed E-state index contributed by atoms with van der Waals surface area (Å²) in [5.41, 5.74) is 2.85. The number of hydrogen-bond donors (Lipinski definition) is 2. The number of thiocarbonyl (C=S) groups is 1. The van der Waals surface area contributed by atoms with E-state index in [-0.39, 0.29) is 23.7 Å². The lowest BCUT2D eigenvalue weighted by Gasteiger charge is -2.26. The Morgan fingerprint density at radius 1 is 1.11 bits per heavy atom. The number of carbonyl (C=O) groups excluding carboxylic acids is 1. The molecule has 3 heterocycles. The second kappa shape index (κ2) is 9.59. The third kappa shape index (κ3) is 4.53. The van der Waals surface area contributed by atoms with Gasteiger partial charge in [0, 0.05) is 42.2 Å². The maximum atomic E-state index is 11.4. The second-order valence-electron chi connectivity index (χ2n) is 8.23. The molecule has 1 fully saturated rings. The number of nitrogens with zero attached hydrogens (tertiary/aromatic N) is 3. The van der Waals surface area contributed by atoms with Crippen LogP contribution in [0, 0.1) is 10.1 Å². The van der Waals surface area contributed by atoms with Gasteiger partial charge in [-0.15, -0.1) is 0 Å². The van der Waals surface area contributed by atoms with Crippen LogP contribution in [0.15, 0.2) is 89.5 Å². The SMILES string of the molecule is CC(=O)Nc1ccc(N2C(=S)N[C@H](c3ccccn3)[C@H]2c2ccc(-c3cccc([N+](=O)[O-])c3)o2)cc1. The van der Waals surface area contributed by atoms with Gasteiger partial charge in [-0.2, -0.15) is 0 Å². The van der Waals surface area contributed by atoms with Gasteiger partial charge in [-0.05, 0) is 60.7 Å². The van der Waals surface area contributed by atoms with E-state index < -0.39 is 4.92 Å². The maximum absolute atomic E-state index is 11.4. The van der Waals surface area contributed by atoms with Crippen molar-refractivity contribution >= 4 is 40.3 Å². The maximum Gasteiger partial charge on any atom is 0.270 e. The predicted octanol–water partition coefficient (Wildman–Crippen LogP) is 5.39. The van der Waals surface area contributed by atoms with Crippen LogP contribution in [0.5, 0.6) is 0 Å². The fourth-order valence-electron chi connectivity index (χ4n) is 4.27. The molecule has 2 atom stereocenters. The Morgan fingerprint density at radius 3 is 2.61 bits per heavy atom. The highest BCUT2D eigenvalue weighted by molar-refractivity contribution is 7.80. The number of anilines is 2. The van der Waals surface area contributed by atoms with Gasteiger partial charge in [-0.25, -0.2) is 0 Å². The molecular weight excluding hydrogens is 478 g/mol. The zero-order valence-electron chi connectivity index (χ0n) is 19.1. The van der Waals surface area contributed by atoms with E-state index in [1.807, 2.05) is 41.3 Å². The number of furan rings is 1. The molecule has 2 aromatic carbocycles. The average molecular weight is 500 g/mol. The molecule has 4 aromatic rings. The highest BCUT2D eigenvalue weighted by atomic mass is 32.1. The highest BCUT2D eigenvalue weighted by Crippen LogP contribution is 2.43. The number of nitro benzene ring substituents is 1. The third-order valence-corrected chi connectivity index (χ3v) is 6.14. The molecule has 5 rings (SSSR count). The smallest absolute Gasteiger partial charge is 0.270 e. The van der Waals surface area contributed by atoms with Gasteiger partial charge >= 0.3 is 0 Å². The van der Waals surface area contributed by atoms with Crippen molar-refractivity contribution in [3.63, 3.8) is 0 Å². The largest absolute Gasteiger partial charge is 0.459 e. The van der Waals surface area contributed by atoms with E-state index in [0.717, 1.165) is 11.4 Å². The number of hydrogen-bond acceptors (Lipinski definition) is 6. The molecular formula is C26H21N5O4S.